The maximum Gasteiger partial charge on any atom is 0.0726 e. The zero-order valence-electron chi connectivity index (χ0n) is 12.2. The molecule has 3 heteroatoms. The van der Waals surface area contributed by atoms with E-state index in [1.807, 2.05) is 0 Å². The Morgan fingerprint density at radius 1 is 1.05 bits per heavy atom. The number of pyridine rings is 1. The SMILES string of the molecule is Cc1ccc2c(N3C[C@H]4CC[C@@H](C3)N4C)cccc2n1. The Morgan fingerprint density at radius 2 is 1.80 bits per heavy atom. The van der Waals surface area contributed by atoms with Crippen molar-refractivity contribution < 1.29 is 0 Å². The lowest BCUT2D eigenvalue weighted by Crippen LogP contribution is -2.52. The van der Waals surface area contributed by atoms with Gasteiger partial charge in [-0.3, -0.25) is 9.88 Å². The summed E-state index contributed by atoms with van der Waals surface area (Å²) in [5.41, 5.74) is 3.57. The van der Waals surface area contributed by atoms with Crippen molar-refractivity contribution >= 4 is 16.6 Å². The summed E-state index contributed by atoms with van der Waals surface area (Å²) >= 11 is 0. The summed E-state index contributed by atoms with van der Waals surface area (Å²) in [6, 6.07) is 12.3. The van der Waals surface area contributed by atoms with Crippen LogP contribution in [0.4, 0.5) is 5.69 Å². The molecular formula is C17H21N3. The van der Waals surface area contributed by atoms with E-state index >= 15 is 0 Å². The number of rotatable bonds is 1. The van der Waals surface area contributed by atoms with Crippen LogP contribution in [0, 0.1) is 6.92 Å². The average Bonchev–Trinajstić information content (AvgIpc) is 2.68. The molecule has 0 aliphatic carbocycles. The lowest BCUT2D eigenvalue weighted by molar-refractivity contribution is 0.212. The van der Waals surface area contributed by atoms with E-state index in [9.17, 15) is 0 Å². The number of benzene rings is 1. The van der Waals surface area contributed by atoms with Crippen LogP contribution in [0.25, 0.3) is 10.9 Å². The third-order valence-electron chi connectivity index (χ3n) is 5.04. The number of hydrogen-bond donors (Lipinski definition) is 0. The number of hydrogen-bond acceptors (Lipinski definition) is 3. The van der Waals surface area contributed by atoms with Crippen LogP contribution in [0.5, 0.6) is 0 Å². The summed E-state index contributed by atoms with van der Waals surface area (Å²) < 4.78 is 0. The van der Waals surface area contributed by atoms with Gasteiger partial charge in [-0.15, -0.1) is 0 Å². The molecule has 20 heavy (non-hydrogen) atoms. The lowest BCUT2D eigenvalue weighted by atomic mass is 10.1. The molecule has 3 heterocycles. The average molecular weight is 267 g/mol. The van der Waals surface area contributed by atoms with Crippen molar-refractivity contribution in [2.45, 2.75) is 31.8 Å². The van der Waals surface area contributed by atoms with Crippen molar-refractivity contribution in [3.8, 4) is 0 Å². The molecule has 2 aliphatic rings. The van der Waals surface area contributed by atoms with Crippen LogP contribution in [0.3, 0.4) is 0 Å². The molecule has 1 aromatic heterocycles. The van der Waals surface area contributed by atoms with Gasteiger partial charge in [-0.25, -0.2) is 0 Å². The molecule has 0 saturated carbocycles. The number of fused-ring (bicyclic) bond motifs is 3. The maximum atomic E-state index is 4.66. The Hall–Kier alpha value is -1.61. The second-order valence-electron chi connectivity index (χ2n) is 6.25. The standard InChI is InChI=1S/C17H21N3/c1-12-6-9-15-16(18-12)4-3-5-17(15)20-10-13-7-8-14(11-20)19(13)2/h3-6,9,13-14H,7-8,10-11H2,1-2H3/t13-,14+. The molecule has 4 rings (SSSR count). The molecule has 0 radical (unpaired) electrons. The Kier molecular flexibility index (Phi) is 2.71. The van der Waals surface area contributed by atoms with E-state index in [-0.39, 0.29) is 0 Å². The molecular weight excluding hydrogens is 246 g/mol. The predicted octanol–water partition coefficient (Wildman–Crippen LogP) is 2.83. The number of aryl methyl sites for hydroxylation is 1. The second-order valence-corrected chi connectivity index (χ2v) is 6.25. The minimum Gasteiger partial charge on any atom is -0.368 e. The number of aromatic nitrogens is 1. The molecule has 104 valence electrons. The molecule has 0 amide bonds. The fourth-order valence-corrected chi connectivity index (χ4v) is 3.83. The molecule has 0 N–H and O–H groups in total. The van der Waals surface area contributed by atoms with Crippen LogP contribution < -0.4 is 4.90 Å². The predicted molar refractivity (Wildman–Crippen MR) is 83.3 cm³/mol. The van der Waals surface area contributed by atoms with Crippen molar-refractivity contribution in [3.05, 3.63) is 36.0 Å². The summed E-state index contributed by atoms with van der Waals surface area (Å²) in [6.07, 6.45) is 2.69. The van der Waals surface area contributed by atoms with Crippen molar-refractivity contribution in [2.75, 3.05) is 25.0 Å². The monoisotopic (exact) mass is 267 g/mol. The van der Waals surface area contributed by atoms with E-state index in [0.717, 1.165) is 36.4 Å². The third-order valence-corrected chi connectivity index (χ3v) is 5.04. The van der Waals surface area contributed by atoms with Gasteiger partial charge in [-0.1, -0.05) is 6.07 Å². The summed E-state index contributed by atoms with van der Waals surface area (Å²) in [5.74, 6) is 0. The van der Waals surface area contributed by atoms with E-state index < -0.39 is 0 Å². The first-order valence-corrected chi connectivity index (χ1v) is 7.55. The van der Waals surface area contributed by atoms with E-state index in [0.29, 0.717) is 0 Å². The van der Waals surface area contributed by atoms with E-state index in [4.69, 9.17) is 0 Å². The van der Waals surface area contributed by atoms with Gasteiger partial charge in [0.25, 0.3) is 0 Å². The number of likely N-dealkylation sites (N-methyl/N-ethyl adjacent to an activating group) is 1. The molecule has 1 aromatic carbocycles. The van der Waals surface area contributed by atoms with Crippen LogP contribution in [-0.2, 0) is 0 Å². The molecule has 2 fully saturated rings. The minimum atomic E-state index is 0.724. The van der Waals surface area contributed by atoms with Gasteiger partial charge in [-0.05, 0) is 51.1 Å². The van der Waals surface area contributed by atoms with E-state index in [1.165, 1.54) is 23.9 Å². The molecule has 2 bridgehead atoms. The van der Waals surface area contributed by atoms with Crippen molar-refractivity contribution in [1.82, 2.24) is 9.88 Å². The fourth-order valence-electron chi connectivity index (χ4n) is 3.83. The highest BCUT2D eigenvalue weighted by Gasteiger charge is 2.37. The Morgan fingerprint density at radius 3 is 2.55 bits per heavy atom. The number of anilines is 1. The topological polar surface area (TPSA) is 19.4 Å². The summed E-state index contributed by atoms with van der Waals surface area (Å²) in [4.78, 5) is 9.81. The van der Waals surface area contributed by atoms with Gasteiger partial charge in [0.15, 0.2) is 0 Å². The summed E-state index contributed by atoms with van der Waals surface area (Å²) in [5, 5.41) is 1.29. The van der Waals surface area contributed by atoms with Crippen molar-refractivity contribution in [2.24, 2.45) is 0 Å². The largest absolute Gasteiger partial charge is 0.368 e. The quantitative estimate of drug-likeness (QED) is 0.792. The van der Waals surface area contributed by atoms with Gasteiger partial charge in [0.2, 0.25) is 0 Å². The first-order chi connectivity index (χ1) is 9.72. The molecule has 0 unspecified atom stereocenters. The highest BCUT2D eigenvalue weighted by atomic mass is 15.3. The lowest BCUT2D eigenvalue weighted by Gasteiger charge is -2.40. The van der Waals surface area contributed by atoms with Crippen molar-refractivity contribution in [1.29, 1.82) is 0 Å². The third kappa shape index (κ3) is 1.80. The maximum absolute atomic E-state index is 4.66. The van der Waals surface area contributed by atoms with Gasteiger partial charge in [0.05, 0.1) is 5.52 Å². The normalized spacial score (nSPS) is 26.4. The van der Waals surface area contributed by atoms with Gasteiger partial charge in [0.1, 0.15) is 0 Å². The molecule has 0 spiro atoms. The van der Waals surface area contributed by atoms with Crippen LogP contribution >= 0.6 is 0 Å². The van der Waals surface area contributed by atoms with Gasteiger partial charge in [-0.2, -0.15) is 0 Å². The van der Waals surface area contributed by atoms with Gasteiger partial charge >= 0.3 is 0 Å². The second kappa shape index (κ2) is 4.45. The summed E-state index contributed by atoms with van der Waals surface area (Å²) in [6.45, 7) is 4.36. The first kappa shape index (κ1) is 12.2. The highest BCUT2D eigenvalue weighted by molar-refractivity contribution is 5.92. The Labute approximate surface area is 120 Å². The van der Waals surface area contributed by atoms with Gasteiger partial charge in [0, 0.05) is 41.9 Å². The molecule has 2 atom stereocenters. The van der Waals surface area contributed by atoms with E-state index in [2.05, 4.69) is 59.1 Å². The van der Waals surface area contributed by atoms with Gasteiger partial charge < -0.3 is 4.90 Å². The molecule has 2 aliphatic heterocycles. The van der Waals surface area contributed by atoms with Crippen molar-refractivity contribution in [3.63, 3.8) is 0 Å². The van der Waals surface area contributed by atoms with Crippen LogP contribution in [0.1, 0.15) is 18.5 Å². The Balaban J connectivity index is 1.76. The zero-order valence-corrected chi connectivity index (χ0v) is 12.2. The number of nitrogens with zero attached hydrogens (tertiary/aromatic N) is 3. The first-order valence-electron chi connectivity index (χ1n) is 7.55. The van der Waals surface area contributed by atoms with Crippen LogP contribution in [0.15, 0.2) is 30.3 Å². The van der Waals surface area contributed by atoms with E-state index in [1.54, 1.807) is 0 Å². The van der Waals surface area contributed by atoms with Crippen LogP contribution in [0.2, 0.25) is 0 Å². The molecule has 2 saturated heterocycles. The van der Waals surface area contributed by atoms with Crippen LogP contribution in [-0.4, -0.2) is 42.1 Å². The minimum absolute atomic E-state index is 0.724. The molecule has 2 aromatic rings. The zero-order chi connectivity index (χ0) is 13.7. The highest BCUT2D eigenvalue weighted by Crippen LogP contribution is 2.34. The number of piperazine rings is 1. The summed E-state index contributed by atoms with van der Waals surface area (Å²) in [7, 11) is 2.29. The Bertz CT molecular complexity index is 638. The smallest absolute Gasteiger partial charge is 0.0726 e. The molecule has 3 nitrogen and oxygen atoms in total. The fraction of sp³-hybridized carbons (Fsp3) is 0.471.